The number of carboxylic acids is 1. The Bertz CT molecular complexity index is 576. The Balaban J connectivity index is 2.08. The van der Waals surface area contributed by atoms with Gasteiger partial charge < -0.3 is 15.2 Å². The summed E-state index contributed by atoms with van der Waals surface area (Å²) in [7, 11) is 1.55. The highest BCUT2D eigenvalue weighted by Gasteiger charge is 2.34. The van der Waals surface area contributed by atoms with Crippen LogP contribution >= 0.6 is 31.9 Å². The number of carbonyl (C=O) groups is 2. The molecule has 0 aromatic heterocycles. The number of rotatable bonds is 4. The van der Waals surface area contributed by atoms with Gasteiger partial charge in [0.25, 0.3) is 0 Å². The van der Waals surface area contributed by atoms with Gasteiger partial charge in [-0.05, 0) is 57.2 Å². The number of anilines is 1. The van der Waals surface area contributed by atoms with E-state index in [4.69, 9.17) is 9.84 Å². The molecule has 0 aliphatic heterocycles. The number of carboxylic acid groups (broad SMARTS) is 1. The fraction of sp³-hybridized carbons (Fsp3) is 0.429. The molecule has 2 unspecified atom stereocenters. The van der Waals surface area contributed by atoms with Gasteiger partial charge in [-0.3, -0.25) is 9.59 Å². The van der Waals surface area contributed by atoms with Crippen LogP contribution in [0.1, 0.15) is 19.3 Å². The van der Waals surface area contributed by atoms with Crippen LogP contribution in [0.15, 0.2) is 21.1 Å². The van der Waals surface area contributed by atoms with Gasteiger partial charge >= 0.3 is 5.97 Å². The molecule has 0 heterocycles. The Morgan fingerprint density at radius 1 is 1.24 bits per heavy atom. The highest BCUT2D eigenvalue weighted by molar-refractivity contribution is 9.11. The Kier molecular flexibility index (Phi) is 5.27. The number of nitrogens with one attached hydrogen (secondary N) is 1. The van der Waals surface area contributed by atoms with Crippen LogP contribution in [0.2, 0.25) is 0 Å². The third kappa shape index (κ3) is 3.77. The molecular weight excluding hydrogens is 406 g/mol. The molecule has 114 valence electrons. The van der Waals surface area contributed by atoms with Crippen LogP contribution in [0.3, 0.4) is 0 Å². The van der Waals surface area contributed by atoms with E-state index in [2.05, 4.69) is 37.2 Å². The predicted octanol–water partition coefficient (Wildman–Crippen LogP) is 3.66. The number of ether oxygens (including phenoxy) is 1. The predicted molar refractivity (Wildman–Crippen MR) is 85.5 cm³/mol. The largest absolute Gasteiger partial charge is 0.495 e. The summed E-state index contributed by atoms with van der Waals surface area (Å²) >= 11 is 6.75. The minimum absolute atomic E-state index is 0.149. The maximum Gasteiger partial charge on any atom is 0.306 e. The summed E-state index contributed by atoms with van der Waals surface area (Å²) in [5.74, 6) is -1.03. The first kappa shape index (κ1) is 16.3. The molecule has 2 rings (SSSR count). The van der Waals surface area contributed by atoms with E-state index in [9.17, 15) is 9.59 Å². The van der Waals surface area contributed by atoms with Crippen molar-refractivity contribution in [2.45, 2.75) is 19.3 Å². The second kappa shape index (κ2) is 6.79. The second-order valence-electron chi connectivity index (χ2n) is 5.00. The van der Waals surface area contributed by atoms with Gasteiger partial charge in [0.2, 0.25) is 5.91 Å². The summed E-state index contributed by atoms with van der Waals surface area (Å²) in [6, 6.07) is 3.51. The van der Waals surface area contributed by atoms with Crippen LogP contribution in [0.5, 0.6) is 5.75 Å². The van der Waals surface area contributed by atoms with Crippen molar-refractivity contribution in [2.24, 2.45) is 11.8 Å². The summed E-state index contributed by atoms with van der Waals surface area (Å²) in [5.41, 5.74) is 0.610. The van der Waals surface area contributed by atoms with E-state index in [1.54, 1.807) is 19.2 Å². The first-order valence-corrected chi connectivity index (χ1v) is 8.07. The van der Waals surface area contributed by atoms with Crippen LogP contribution in [-0.4, -0.2) is 24.1 Å². The Labute approximate surface area is 139 Å². The number of aliphatic carboxylic acids is 1. The average molecular weight is 421 g/mol. The molecule has 1 aliphatic rings. The standard InChI is InChI=1S/C14H15Br2NO4/c1-21-12-6-11(9(15)5-10(12)16)17-13(18)7-2-3-8(4-7)14(19)20/h5-8H,2-4H2,1H3,(H,17,18)(H,19,20). The lowest BCUT2D eigenvalue weighted by Crippen LogP contribution is -2.22. The van der Waals surface area contributed by atoms with Gasteiger partial charge in [0, 0.05) is 16.5 Å². The molecule has 1 fully saturated rings. The Hall–Kier alpha value is -1.08. The fourth-order valence-corrected chi connectivity index (χ4v) is 3.72. The van der Waals surface area contributed by atoms with Crippen molar-refractivity contribution in [1.82, 2.24) is 0 Å². The minimum Gasteiger partial charge on any atom is -0.495 e. The molecule has 0 spiro atoms. The molecule has 1 aromatic carbocycles. The van der Waals surface area contributed by atoms with E-state index >= 15 is 0 Å². The SMILES string of the molecule is COc1cc(NC(=O)C2CCC(C(=O)O)C2)c(Br)cc1Br. The number of methoxy groups -OCH3 is 1. The topological polar surface area (TPSA) is 75.6 Å². The van der Waals surface area contributed by atoms with Crippen molar-refractivity contribution in [2.75, 3.05) is 12.4 Å². The zero-order valence-corrected chi connectivity index (χ0v) is 14.5. The molecule has 2 atom stereocenters. The van der Waals surface area contributed by atoms with Crippen molar-refractivity contribution < 1.29 is 19.4 Å². The molecule has 0 radical (unpaired) electrons. The van der Waals surface area contributed by atoms with Crippen molar-refractivity contribution >= 4 is 49.4 Å². The molecule has 1 aromatic rings. The first-order valence-electron chi connectivity index (χ1n) is 6.49. The minimum atomic E-state index is -0.822. The van der Waals surface area contributed by atoms with E-state index in [1.807, 2.05) is 0 Å². The second-order valence-corrected chi connectivity index (χ2v) is 6.71. The number of carbonyl (C=O) groups excluding carboxylic acids is 1. The molecule has 1 amide bonds. The summed E-state index contributed by atoms with van der Waals surface area (Å²) in [4.78, 5) is 23.2. The maximum atomic E-state index is 12.2. The fourth-order valence-electron chi connectivity index (χ4n) is 2.46. The van der Waals surface area contributed by atoms with Crippen LogP contribution in [0.4, 0.5) is 5.69 Å². The number of hydrogen-bond acceptors (Lipinski definition) is 3. The molecule has 1 aliphatic carbocycles. The summed E-state index contributed by atoms with van der Waals surface area (Å²) in [6.07, 6.45) is 1.55. The van der Waals surface area contributed by atoms with Gasteiger partial charge in [0.15, 0.2) is 0 Å². The molecule has 0 bridgehead atoms. The van der Waals surface area contributed by atoms with E-state index in [0.717, 1.165) is 8.95 Å². The van der Waals surface area contributed by atoms with Crippen molar-refractivity contribution in [1.29, 1.82) is 0 Å². The van der Waals surface area contributed by atoms with Crippen molar-refractivity contribution in [3.8, 4) is 5.75 Å². The normalized spacial score (nSPS) is 21.1. The van der Waals surface area contributed by atoms with E-state index in [0.29, 0.717) is 30.7 Å². The highest BCUT2D eigenvalue weighted by atomic mass is 79.9. The van der Waals surface area contributed by atoms with Gasteiger partial charge in [0.1, 0.15) is 5.75 Å². The van der Waals surface area contributed by atoms with Gasteiger partial charge in [-0.2, -0.15) is 0 Å². The molecule has 0 saturated heterocycles. The average Bonchev–Trinajstić information content (AvgIpc) is 2.91. The third-order valence-corrected chi connectivity index (χ3v) is 4.93. The van der Waals surface area contributed by atoms with Crippen LogP contribution in [-0.2, 0) is 9.59 Å². The maximum absolute atomic E-state index is 12.2. The van der Waals surface area contributed by atoms with Gasteiger partial charge in [-0.15, -0.1) is 0 Å². The monoisotopic (exact) mass is 419 g/mol. The van der Waals surface area contributed by atoms with E-state index in [-0.39, 0.29) is 11.8 Å². The van der Waals surface area contributed by atoms with E-state index in [1.165, 1.54) is 0 Å². The number of hydrogen-bond donors (Lipinski definition) is 2. The molecule has 7 heteroatoms. The van der Waals surface area contributed by atoms with Gasteiger partial charge in [0.05, 0.1) is 23.2 Å². The molecule has 5 nitrogen and oxygen atoms in total. The van der Waals surface area contributed by atoms with Crippen LogP contribution in [0.25, 0.3) is 0 Å². The van der Waals surface area contributed by atoms with Crippen molar-refractivity contribution in [3.05, 3.63) is 21.1 Å². The zero-order chi connectivity index (χ0) is 15.6. The third-order valence-electron chi connectivity index (χ3n) is 3.65. The number of benzene rings is 1. The lowest BCUT2D eigenvalue weighted by Gasteiger charge is -2.14. The van der Waals surface area contributed by atoms with E-state index < -0.39 is 11.9 Å². The number of amides is 1. The quantitative estimate of drug-likeness (QED) is 0.779. The lowest BCUT2D eigenvalue weighted by molar-refractivity contribution is -0.141. The highest BCUT2D eigenvalue weighted by Crippen LogP contribution is 2.36. The number of halogens is 2. The molecule has 2 N–H and O–H groups in total. The van der Waals surface area contributed by atoms with Crippen LogP contribution in [0, 0.1) is 11.8 Å². The molecule has 1 saturated carbocycles. The zero-order valence-electron chi connectivity index (χ0n) is 11.4. The Morgan fingerprint density at radius 3 is 2.48 bits per heavy atom. The lowest BCUT2D eigenvalue weighted by atomic mass is 10.0. The summed E-state index contributed by atoms with van der Waals surface area (Å²) in [6.45, 7) is 0. The van der Waals surface area contributed by atoms with Gasteiger partial charge in [-0.25, -0.2) is 0 Å². The van der Waals surface area contributed by atoms with Crippen LogP contribution < -0.4 is 10.1 Å². The van der Waals surface area contributed by atoms with Crippen molar-refractivity contribution in [3.63, 3.8) is 0 Å². The molecular formula is C14H15Br2NO4. The van der Waals surface area contributed by atoms with Gasteiger partial charge in [-0.1, -0.05) is 0 Å². The molecule has 21 heavy (non-hydrogen) atoms. The Morgan fingerprint density at radius 2 is 1.90 bits per heavy atom. The summed E-state index contributed by atoms with van der Waals surface area (Å²) in [5, 5.41) is 11.8. The first-order chi connectivity index (χ1) is 9.92. The smallest absolute Gasteiger partial charge is 0.306 e. The summed E-state index contributed by atoms with van der Waals surface area (Å²) < 4.78 is 6.71.